The fourth-order valence-corrected chi connectivity index (χ4v) is 3.42. The number of hydrogen-bond donors (Lipinski definition) is 2. The molecule has 0 amide bonds. The largest absolute Gasteiger partial charge is 0.286 e. The minimum Gasteiger partial charge on any atom is -0.286 e. The van der Waals surface area contributed by atoms with Crippen molar-refractivity contribution in [3.8, 4) is 0 Å². The fraction of sp³-hybridized carbons (Fsp3) is 0.182. The Morgan fingerprint density at radius 2 is 1.15 bits per heavy atom. The normalized spacial score (nSPS) is 15.3. The van der Waals surface area contributed by atoms with Crippen molar-refractivity contribution in [3.63, 3.8) is 0 Å². The smallest absolute Gasteiger partial charge is 0.120 e. The SMILES string of the molecule is Cc1cc(C)cc(C2NN(c3ccccc3)CN(c3ccccc3)N2)c1. The van der Waals surface area contributed by atoms with E-state index < -0.39 is 0 Å². The second-order valence-corrected chi connectivity index (χ2v) is 6.78. The van der Waals surface area contributed by atoms with Crippen LogP contribution in [0, 0.1) is 13.8 Å². The van der Waals surface area contributed by atoms with E-state index in [9.17, 15) is 0 Å². The number of anilines is 2. The van der Waals surface area contributed by atoms with Crippen LogP contribution < -0.4 is 20.9 Å². The zero-order valence-electron chi connectivity index (χ0n) is 15.2. The van der Waals surface area contributed by atoms with Gasteiger partial charge in [-0.3, -0.25) is 10.0 Å². The molecule has 26 heavy (non-hydrogen) atoms. The molecule has 4 heteroatoms. The number of benzene rings is 3. The fourth-order valence-electron chi connectivity index (χ4n) is 3.42. The van der Waals surface area contributed by atoms with E-state index in [1.807, 2.05) is 12.1 Å². The van der Waals surface area contributed by atoms with Crippen molar-refractivity contribution >= 4 is 11.4 Å². The summed E-state index contributed by atoms with van der Waals surface area (Å²) in [6.07, 6.45) is -0.0113. The maximum atomic E-state index is 3.62. The Bertz CT molecular complexity index is 796. The highest BCUT2D eigenvalue weighted by molar-refractivity contribution is 5.51. The molecule has 2 N–H and O–H groups in total. The number of para-hydroxylation sites is 2. The molecule has 1 aliphatic rings. The van der Waals surface area contributed by atoms with Gasteiger partial charge < -0.3 is 0 Å². The van der Waals surface area contributed by atoms with Crippen LogP contribution in [0.3, 0.4) is 0 Å². The van der Waals surface area contributed by atoms with Gasteiger partial charge in [0, 0.05) is 0 Å². The standard InChI is InChI=1S/C22H24N4/c1-17-13-18(2)15-19(14-17)22-23-25(20-9-5-3-6-10-20)16-26(24-22)21-11-7-4-8-12-21/h3-15,22-24H,16H2,1-2H3. The number of hydrazine groups is 2. The van der Waals surface area contributed by atoms with Gasteiger partial charge in [-0.2, -0.15) is 0 Å². The molecular formula is C22H24N4. The third kappa shape index (κ3) is 3.57. The van der Waals surface area contributed by atoms with Gasteiger partial charge in [0.2, 0.25) is 0 Å². The summed E-state index contributed by atoms with van der Waals surface area (Å²) in [5.41, 5.74) is 13.3. The molecule has 0 radical (unpaired) electrons. The van der Waals surface area contributed by atoms with Crippen LogP contribution in [-0.4, -0.2) is 6.67 Å². The molecule has 0 aromatic heterocycles. The number of hydrogen-bond acceptors (Lipinski definition) is 4. The van der Waals surface area contributed by atoms with Crippen LogP contribution in [-0.2, 0) is 0 Å². The van der Waals surface area contributed by atoms with Crippen molar-refractivity contribution in [2.75, 3.05) is 16.7 Å². The summed E-state index contributed by atoms with van der Waals surface area (Å²) in [5.74, 6) is 0. The van der Waals surface area contributed by atoms with E-state index in [1.54, 1.807) is 0 Å². The van der Waals surface area contributed by atoms with Gasteiger partial charge in [0.25, 0.3) is 0 Å². The predicted octanol–water partition coefficient (Wildman–Crippen LogP) is 4.30. The maximum absolute atomic E-state index is 3.62. The molecule has 0 spiro atoms. The minimum atomic E-state index is -0.0113. The number of rotatable bonds is 3. The molecule has 132 valence electrons. The average Bonchev–Trinajstić information content (AvgIpc) is 2.68. The van der Waals surface area contributed by atoms with Gasteiger partial charge in [-0.25, -0.2) is 10.9 Å². The molecule has 0 atom stereocenters. The third-order valence-electron chi connectivity index (χ3n) is 4.57. The average molecular weight is 344 g/mol. The Balaban J connectivity index is 1.69. The topological polar surface area (TPSA) is 30.5 Å². The van der Waals surface area contributed by atoms with Gasteiger partial charge >= 0.3 is 0 Å². The van der Waals surface area contributed by atoms with Crippen LogP contribution in [0.5, 0.6) is 0 Å². The van der Waals surface area contributed by atoms with Crippen molar-refractivity contribution in [1.82, 2.24) is 10.9 Å². The lowest BCUT2D eigenvalue weighted by Gasteiger charge is -2.44. The van der Waals surface area contributed by atoms with E-state index in [1.165, 1.54) is 16.7 Å². The van der Waals surface area contributed by atoms with Crippen LogP contribution in [0.25, 0.3) is 0 Å². The summed E-state index contributed by atoms with van der Waals surface area (Å²) in [5, 5.41) is 4.37. The Morgan fingerprint density at radius 3 is 1.62 bits per heavy atom. The summed E-state index contributed by atoms with van der Waals surface area (Å²) in [6.45, 7) is 4.99. The monoisotopic (exact) mass is 344 g/mol. The predicted molar refractivity (Wildman–Crippen MR) is 108 cm³/mol. The molecule has 1 aliphatic heterocycles. The molecule has 1 heterocycles. The van der Waals surface area contributed by atoms with Crippen molar-refractivity contribution in [1.29, 1.82) is 0 Å². The van der Waals surface area contributed by atoms with Gasteiger partial charge in [0.05, 0.1) is 11.4 Å². The summed E-state index contributed by atoms with van der Waals surface area (Å²) < 4.78 is 0. The number of nitrogens with one attached hydrogen (secondary N) is 2. The lowest BCUT2D eigenvalue weighted by atomic mass is 10.1. The Kier molecular flexibility index (Phi) is 4.61. The lowest BCUT2D eigenvalue weighted by molar-refractivity contribution is 0.348. The first-order chi connectivity index (χ1) is 12.7. The highest BCUT2D eigenvalue weighted by Crippen LogP contribution is 2.24. The molecule has 0 aliphatic carbocycles. The highest BCUT2D eigenvalue weighted by atomic mass is 15.7. The first-order valence-corrected chi connectivity index (χ1v) is 8.95. The summed E-state index contributed by atoms with van der Waals surface area (Å²) in [4.78, 5) is 0. The van der Waals surface area contributed by atoms with Crippen molar-refractivity contribution in [2.45, 2.75) is 20.0 Å². The Labute approximate surface area is 155 Å². The van der Waals surface area contributed by atoms with Crippen molar-refractivity contribution in [3.05, 3.63) is 95.6 Å². The summed E-state index contributed by atoms with van der Waals surface area (Å²) in [7, 11) is 0. The van der Waals surface area contributed by atoms with E-state index in [2.05, 4.69) is 101 Å². The molecule has 0 unspecified atom stereocenters. The van der Waals surface area contributed by atoms with Gasteiger partial charge in [-0.1, -0.05) is 65.7 Å². The summed E-state index contributed by atoms with van der Waals surface area (Å²) in [6, 6.07) is 27.5. The van der Waals surface area contributed by atoms with Gasteiger partial charge in [0.15, 0.2) is 0 Å². The first-order valence-electron chi connectivity index (χ1n) is 8.95. The van der Waals surface area contributed by atoms with Crippen LogP contribution >= 0.6 is 0 Å². The van der Waals surface area contributed by atoms with E-state index in [0.29, 0.717) is 6.67 Å². The lowest BCUT2D eigenvalue weighted by Crippen LogP contribution is -2.62. The molecule has 0 saturated carbocycles. The molecule has 3 aromatic rings. The molecule has 0 bridgehead atoms. The quantitative estimate of drug-likeness (QED) is 0.742. The highest BCUT2D eigenvalue weighted by Gasteiger charge is 2.26. The number of aryl methyl sites for hydroxylation is 2. The molecular weight excluding hydrogens is 320 g/mol. The Morgan fingerprint density at radius 1 is 0.692 bits per heavy atom. The molecule has 4 nitrogen and oxygen atoms in total. The second kappa shape index (κ2) is 7.20. The zero-order chi connectivity index (χ0) is 17.9. The molecule has 1 saturated heterocycles. The van der Waals surface area contributed by atoms with Crippen LogP contribution in [0.1, 0.15) is 22.9 Å². The molecule has 3 aromatic carbocycles. The van der Waals surface area contributed by atoms with Crippen molar-refractivity contribution < 1.29 is 0 Å². The summed E-state index contributed by atoms with van der Waals surface area (Å²) >= 11 is 0. The van der Waals surface area contributed by atoms with E-state index in [4.69, 9.17) is 0 Å². The minimum absolute atomic E-state index is 0.0113. The zero-order valence-corrected chi connectivity index (χ0v) is 15.2. The molecule has 4 rings (SSSR count). The van der Waals surface area contributed by atoms with Gasteiger partial charge in [0.1, 0.15) is 12.8 Å². The van der Waals surface area contributed by atoms with Gasteiger partial charge in [-0.15, -0.1) is 0 Å². The van der Waals surface area contributed by atoms with E-state index >= 15 is 0 Å². The second-order valence-electron chi connectivity index (χ2n) is 6.78. The number of nitrogens with zero attached hydrogens (tertiary/aromatic N) is 2. The van der Waals surface area contributed by atoms with E-state index in [-0.39, 0.29) is 6.17 Å². The van der Waals surface area contributed by atoms with Crippen molar-refractivity contribution in [2.24, 2.45) is 0 Å². The first kappa shape index (κ1) is 16.6. The van der Waals surface area contributed by atoms with E-state index in [0.717, 1.165) is 11.4 Å². The van der Waals surface area contributed by atoms with Crippen LogP contribution in [0.15, 0.2) is 78.9 Å². The van der Waals surface area contributed by atoms with Crippen LogP contribution in [0.4, 0.5) is 11.4 Å². The molecule has 1 fully saturated rings. The Hall–Kier alpha value is -2.82. The van der Waals surface area contributed by atoms with Gasteiger partial charge in [-0.05, 0) is 43.7 Å². The van der Waals surface area contributed by atoms with Crippen LogP contribution in [0.2, 0.25) is 0 Å². The third-order valence-corrected chi connectivity index (χ3v) is 4.57. The maximum Gasteiger partial charge on any atom is 0.120 e.